The Balaban J connectivity index is 1.83. The van der Waals surface area contributed by atoms with Gasteiger partial charge < -0.3 is 26.8 Å². The quantitative estimate of drug-likeness (QED) is 0.602. The maximum Gasteiger partial charge on any atom is 0.224 e. The van der Waals surface area contributed by atoms with Gasteiger partial charge in [0.15, 0.2) is 0 Å². The van der Waals surface area contributed by atoms with Crippen molar-refractivity contribution in [2.75, 3.05) is 25.5 Å². The summed E-state index contributed by atoms with van der Waals surface area (Å²) in [5.41, 5.74) is 12.8. The van der Waals surface area contributed by atoms with Crippen LogP contribution in [-0.4, -0.2) is 38.2 Å². The molecule has 6 N–H and O–H groups in total. The average Bonchev–Trinajstić information content (AvgIpc) is 2.59. The van der Waals surface area contributed by atoms with E-state index in [2.05, 4.69) is 10.6 Å². The van der Waals surface area contributed by atoms with Crippen molar-refractivity contribution in [1.29, 1.82) is 0 Å². The van der Waals surface area contributed by atoms with Crippen LogP contribution in [0.4, 0.5) is 5.69 Å². The minimum Gasteiger partial charge on any atom is -0.497 e. The molecule has 0 spiro atoms. The van der Waals surface area contributed by atoms with Crippen molar-refractivity contribution < 1.29 is 9.53 Å². The Bertz CT molecular complexity index is 492. The molecule has 1 unspecified atom stereocenters. The summed E-state index contributed by atoms with van der Waals surface area (Å²) in [6.07, 6.45) is 3.99. The van der Waals surface area contributed by atoms with E-state index in [1.54, 1.807) is 7.11 Å². The van der Waals surface area contributed by atoms with Gasteiger partial charge in [-0.25, -0.2) is 0 Å². The lowest BCUT2D eigenvalue weighted by Gasteiger charge is -2.29. The molecule has 1 aliphatic carbocycles. The second kappa shape index (κ2) is 8.74. The second-order valence-corrected chi connectivity index (χ2v) is 6.11. The molecule has 0 radical (unpaired) electrons. The molecular formula is C17H28N4O2. The van der Waals surface area contributed by atoms with Crippen LogP contribution in [0.3, 0.4) is 0 Å². The Morgan fingerprint density at radius 2 is 2.00 bits per heavy atom. The van der Waals surface area contributed by atoms with Crippen LogP contribution in [0.5, 0.6) is 5.75 Å². The number of nitrogens with one attached hydrogen (secondary N) is 2. The fourth-order valence-electron chi connectivity index (χ4n) is 2.94. The van der Waals surface area contributed by atoms with Crippen molar-refractivity contribution in [3.63, 3.8) is 0 Å². The third kappa shape index (κ3) is 5.11. The molecular weight excluding hydrogens is 292 g/mol. The van der Waals surface area contributed by atoms with Gasteiger partial charge in [-0.15, -0.1) is 0 Å². The van der Waals surface area contributed by atoms with E-state index in [1.807, 2.05) is 24.3 Å². The van der Waals surface area contributed by atoms with Crippen molar-refractivity contribution >= 4 is 11.6 Å². The summed E-state index contributed by atoms with van der Waals surface area (Å²) in [6.45, 7) is 0.966. The molecule has 1 fully saturated rings. The zero-order chi connectivity index (χ0) is 16.7. The fourth-order valence-corrected chi connectivity index (χ4v) is 2.94. The summed E-state index contributed by atoms with van der Waals surface area (Å²) in [5.74, 6) is 0.758. The van der Waals surface area contributed by atoms with Crippen molar-refractivity contribution in [2.24, 2.45) is 17.4 Å². The van der Waals surface area contributed by atoms with Gasteiger partial charge in [0.2, 0.25) is 5.91 Å². The van der Waals surface area contributed by atoms with Gasteiger partial charge >= 0.3 is 0 Å². The number of carbonyl (C=O) groups is 1. The monoisotopic (exact) mass is 320 g/mol. The molecule has 0 saturated heterocycles. The number of hydrogen-bond acceptors (Lipinski definition) is 5. The number of methoxy groups -OCH3 is 1. The van der Waals surface area contributed by atoms with Gasteiger partial charge in [0.05, 0.1) is 19.1 Å². The maximum atomic E-state index is 12.4. The Hall–Kier alpha value is -1.79. The van der Waals surface area contributed by atoms with E-state index in [4.69, 9.17) is 16.2 Å². The number of amides is 1. The van der Waals surface area contributed by atoms with E-state index < -0.39 is 0 Å². The number of nitrogens with two attached hydrogens (primary N) is 2. The average molecular weight is 320 g/mol. The van der Waals surface area contributed by atoms with Gasteiger partial charge in [-0.3, -0.25) is 4.79 Å². The first-order chi connectivity index (χ1) is 11.1. The molecule has 23 heavy (non-hydrogen) atoms. The highest BCUT2D eigenvalue weighted by molar-refractivity contribution is 5.79. The molecule has 1 amide bonds. The molecule has 0 bridgehead atoms. The standard InChI is InChI=1S/C17H28N4O2/c1-23-14-8-6-12(7-9-14)20-11-13(10-18)21-17(22)15-4-2-3-5-16(15)19/h6-9,13,15-16,20H,2-5,10-11,18-19H2,1H3,(H,21,22)/t13?,15-,16+/m1/s1. The highest BCUT2D eigenvalue weighted by Gasteiger charge is 2.29. The summed E-state index contributed by atoms with van der Waals surface area (Å²) < 4.78 is 5.13. The van der Waals surface area contributed by atoms with E-state index in [-0.39, 0.29) is 23.9 Å². The van der Waals surface area contributed by atoms with E-state index in [0.717, 1.165) is 37.1 Å². The van der Waals surface area contributed by atoms with E-state index in [0.29, 0.717) is 13.1 Å². The first-order valence-electron chi connectivity index (χ1n) is 8.28. The van der Waals surface area contributed by atoms with Crippen LogP contribution in [0.2, 0.25) is 0 Å². The van der Waals surface area contributed by atoms with Crippen LogP contribution < -0.4 is 26.8 Å². The molecule has 3 atom stereocenters. The zero-order valence-electron chi connectivity index (χ0n) is 13.8. The molecule has 0 aliphatic heterocycles. The summed E-state index contributed by atoms with van der Waals surface area (Å²) in [5, 5.41) is 6.31. The number of benzene rings is 1. The fraction of sp³-hybridized carbons (Fsp3) is 0.588. The smallest absolute Gasteiger partial charge is 0.224 e. The van der Waals surface area contributed by atoms with Gasteiger partial charge in [-0.1, -0.05) is 12.8 Å². The number of hydrogen-bond donors (Lipinski definition) is 4. The summed E-state index contributed by atoms with van der Waals surface area (Å²) in [4.78, 5) is 12.4. The first-order valence-corrected chi connectivity index (χ1v) is 8.28. The molecule has 6 heteroatoms. The lowest BCUT2D eigenvalue weighted by molar-refractivity contribution is -0.127. The molecule has 1 aromatic rings. The largest absolute Gasteiger partial charge is 0.497 e. The minimum absolute atomic E-state index is 0.0308. The van der Waals surface area contributed by atoms with Crippen molar-refractivity contribution in [3.05, 3.63) is 24.3 Å². The summed E-state index contributed by atoms with van der Waals surface area (Å²) in [7, 11) is 1.64. The molecule has 0 aromatic heterocycles. The van der Waals surface area contributed by atoms with E-state index in [1.165, 1.54) is 0 Å². The predicted octanol–water partition coefficient (Wildman–Crippen LogP) is 1.07. The molecule has 1 aromatic carbocycles. The molecule has 0 heterocycles. The number of carbonyl (C=O) groups excluding carboxylic acids is 1. The minimum atomic E-state index is -0.112. The predicted molar refractivity (Wildman–Crippen MR) is 92.4 cm³/mol. The lowest BCUT2D eigenvalue weighted by atomic mass is 9.84. The normalized spacial score (nSPS) is 22.2. The van der Waals surface area contributed by atoms with Crippen molar-refractivity contribution in [1.82, 2.24) is 5.32 Å². The summed E-state index contributed by atoms with van der Waals surface area (Å²) >= 11 is 0. The van der Waals surface area contributed by atoms with Crippen LogP contribution >= 0.6 is 0 Å². The van der Waals surface area contributed by atoms with Crippen LogP contribution in [0.25, 0.3) is 0 Å². The third-order valence-corrected chi connectivity index (χ3v) is 4.43. The highest BCUT2D eigenvalue weighted by Crippen LogP contribution is 2.23. The lowest BCUT2D eigenvalue weighted by Crippen LogP contribution is -2.51. The maximum absolute atomic E-state index is 12.4. The molecule has 1 saturated carbocycles. The van der Waals surface area contributed by atoms with Gasteiger partial charge in [0, 0.05) is 24.8 Å². The van der Waals surface area contributed by atoms with Crippen LogP contribution in [0.15, 0.2) is 24.3 Å². The summed E-state index contributed by atoms with van der Waals surface area (Å²) in [6, 6.07) is 7.51. The molecule has 2 rings (SSSR count). The van der Waals surface area contributed by atoms with Gasteiger partial charge in [-0.05, 0) is 37.1 Å². The topological polar surface area (TPSA) is 102 Å². The second-order valence-electron chi connectivity index (χ2n) is 6.11. The Kier molecular flexibility index (Phi) is 6.67. The highest BCUT2D eigenvalue weighted by atomic mass is 16.5. The molecule has 1 aliphatic rings. The Morgan fingerprint density at radius 1 is 1.30 bits per heavy atom. The van der Waals surface area contributed by atoms with E-state index in [9.17, 15) is 4.79 Å². The first kappa shape index (κ1) is 17.6. The molecule has 128 valence electrons. The van der Waals surface area contributed by atoms with Crippen LogP contribution in [-0.2, 0) is 4.79 Å². The number of rotatable bonds is 7. The van der Waals surface area contributed by atoms with Crippen LogP contribution in [0, 0.1) is 5.92 Å². The number of ether oxygens (including phenoxy) is 1. The van der Waals surface area contributed by atoms with Crippen molar-refractivity contribution in [2.45, 2.75) is 37.8 Å². The van der Waals surface area contributed by atoms with Crippen LogP contribution in [0.1, 0.15) is 25.7 Å². The Morgan fingerprint density at radius 3 is 2.61 bits per heavy atom. The van der Waals surface area contributed by atoms with Gasteiger partial charge in [-0.2, -0.15) is 0 Å². The number of anilines is 1. The van der Waals surface area contributed by atoms with Gasteiger partial charge in [0.1, 0.15) is 5.75 Å². The van der Waals surface area contributed by atoms with E-state index >= 15 is 0 Å². The Labute approximate surface area is 137 Å². The SMILES string of the molecule is COc1ccc(NCC(CN)NC(=O)[C@@H]2CCCC[C@@H]2N)cc1. The zero-order valence-corrected chi connectivity index (χ0v) is 13.8. The van der Waals surface area contributed by atoms with Gasteiger partial charge in [0.25, 0.3) is 0 Å². The molecule has 6 nitrogen and oxygen atoms in total. The third-order valence-electron chi connectivity index (χ3n) is 4.43. The van der Waals surface area contributed by atoms with Crippen molar-refractivity contribution in [3.8, 4) is 5.75 Å².